The van der Waals surface area contributed by atoms with E-state index in [1.165, 1.54) is 5.56 Å². The van der Waals surface area contributed by atoms with Crippen molar-refractivity contribution in [2.75, 3.05) is 7.11 Å². The molecular formula is C21H30O5. The summed E-state index contributed by atoms with van der Waals surface area (Å²) in [6.07, 6.45) is 2.51. The summed E-state index contributed by atoms with van der Waals surface area (Å²) < 4.78 is 5.79. The molecule has 4 atom stereocenters. The summed E-state index contributed by atoms with van der Waals surface area (Å²) in [5, 5.41) is 19.4. The summed E-state index contributed by atoms with van der Waals surface area (Å²) >= 11 is 0. The van der Waals surface area contributed by atoms with Gasteiger partial charge >= 0.3 is 11.9 Å². The zero-order chi connectivity index (χ0) is 19.3. The number of hydrogen-bond donors (Lipinski definition) is 2. The Kier molecular flexibility index (Phi) is 6.81. The lowest BCUT2D eigenvalue weighted by Gasteiger charge is -2.36. The van der Waals surface area contributed by atoms with Crippen LogP contribution in [0.4, 0.5) is 0 Å². The number of carbonyl (C=O) groups is 2. The highest BCUT2D eigenvalue weighted by Gasteiger charge is 2.49. The van der Waals surface area contributed by atoms with Crippen LogP contribution in [0.2, 0.25) is 0 Å². The molecule has 1 aromatic carbocycles. The first-order valence-electron chi connectivity index (χ1n) is 9.34. The molecule has 2 rings (SSSR count). The van der Waals surface area contributed by atoms with Gasteiger partial charge in [0.25, 0.3) is 0 Å². The van der Waals surface area contributed by atoms with Gasteiger partial charge in [-0.05, 0) is 49.5 Å². The SMILES string of the molecule is COC1CC(C)CC(C(=O)O)(C(=O)O)CC(C)CCC1c1ccccc1. The van der Waals surface area contributed by atoms with Gasteiger partial charge in [0.15, 0.2) is 5.41 Å². The monoisotopic (exact) mass is 362 g/mol. The second-order valence-corrected chi connectivity index (χ2v) is 7.92. The molecule has 4 unspecified atom stereocenters. The number of rotatable bonds is 4. The van der Waals surface area contributed by atoms with E-state index in [2.05, 4.69) is 12.1 Å². The fourth-order valence-corrected chi connectivity index (χ4v) is 4.45. The molecule has 144 valence electrons. The number of carboxylic acids is 2. The summed E-state index contributed by atoms with van der Waals surface area (Å²) in [6.45, 7) is 3.89. The fourth-order valence-electron chi connectivity index (χ4n) is 4.45. The van der Waals surface area contributed by atoms with Crippen LogP contribution in [0.3, 0.4) is 0 Å². The summed E-state index contributed by atoms with van der Waals surface area (Å²) in [5.74, 6) is -2.27. The highest BCUT2D eigenvalue weighted by Crippen LogP contribution is 2.42. The van der Waals surface area contributed by atoms with Gasteiger partial charge in [0.2, 0.25) is 0 Å². The normalized spacial score (nSPS) is 29.7. The molecule has 0 aromatic heterocycles. The number of carboxylic acid groups (broad SMARTS) is 2. The third kappa shape index (κ3) is 4.44. The Morgan fingerprint density at radius 2 is 1.58 bits per heavy atom. The van der Waals surface area contributed by atoms with Crippen molar-refractivity contribution < 1.29 is 24.5 Å². The number of benzene rings is 1. The third-order valence-electron chi connectivity index (χ3n) is 5.80. The van der Waals surface area contributed by atoms with Crippen molar-refractivity contribution in [2.45, 2.75) is 58.0 Å². The van der Waals surface area contributed by atoms with Crippen molar-refractivity contribution in [1.82, 2.24) is 0 Å². The lowest BCUT2D eigenvalue weighted by Crippen LogP contribution is -2.43. The number of hydrogen-bond acceptors (Lipinski definition) is 3. The van der Waals surface area contributed by atoms with E-state index in [9.17, 15) is 19.8 Å². The van der Waals surface area contributed by atoms with E-state index >= 15 is 0 Å². The van der Waals surface area contributed by atoms with Crippen LogP contribution in [0.15, 0.2) is 30.3 Å². The summed E-state index contributed by atoms with van der Waals surface area (Å²) in [5.41, 5.74) is -0.487. The Balaban J connectivity index is 2.34. The molecule has 5 heteroatoms. The predicted molar refractivity (Wildman–Crippen MR) is 99.1 cm³/mol. The Hall–Kier alpha value is -1.88. The molecule has 0 aliphatic heterocycles. The van der Waals surface area contributed by atoms with E-state index in [0.717, 1.165) is 12.8 Å². The first-order chi connectivity index (χ1) is 12.3. The molecule has 0 radical (unpaired) electrons. The molecule has 1 saturated carbocycles. The fraction of sp³-hybridized carbons (Fsp3) is 0.619. The summed E-state index contributed by atoms with van der Waals surface area (Å²) in [7, 11) is 1.68. The van der Waals surface area contributed by atoms with Gasteiger partial charge in [0.05, 0.1) is 6.10 Å². The lowest BCUT2D eigenvalue weighted by molar-refractivity contribution is -0.168. The van der Waals surface area contributed by atoms with Gasteiger partial charge in [0, 0.05) is 13.0 Å². The average molecular weight is 362 g/mol. The highest BCUT2D eigenvalue weighted by molar-refractivity contribution is 5.98. The van der Waals surface area contributed by atoms with Gasteiger partial charge in [-0.2, -0.15) is 0 Å². The first-order valence-corrected chi connectivity index (χ1v) is 9.34. The van der Waals surface area contributed by atoms with Crippen molar-refractivity contribution in [3.05, 3.63) is 35.9 Å². The number of aliphatic carboxylic acids is 2. The molecular weight excluding hydrogens is 332 g/mol. The van der Waals surface area contributed by atoms with E-state index < -0.39 is 17.4 Å². The maximum atomic E-state index is 11.9. The number of ether oxygens (including phenoxy) is 1. The molecule has 26 heavy (non-hydrogen) atoms. The van der Waals surface area contributed by atoms with Crippen LogP contribution >= 0.6 is 0 Å². The van der Waals surface area contributed by atoms with Crippen LogP contribution in [-0.2, 0) is 14.3 Å². The average Bonchev–Trinajstić information content (AvgIpc) is 2.60. The van der Waals surface area contributed by atoms with E-state index in [-0.39, 0.29) is 36.7 Å². The molecule has 0 saturated heterocycles. The maximum absolute atomic E-state index is 11.9. The smallest absolute Gasteiger partial charge is 0.321 e. The molecule has 5 nitrogen and oxygen atoms in total. The van der Waals surface area contributed by atoms with E-state index in [0.29, 0.717) is 6.42 Å². The molecule has 1 fully saturated rings. The molecule has 2 N–H and O–H groups in total. The van der Waals surface area contributed by atoms with E-state index in [1.807, 2.05) is 32.0 Å². The van der Waals surface area contributed by atoms with Crippen molar-refractivity contribution in [1.29, 1.82) is 0 Å². The van der Waals surface area contributed by atoms with Crippen LogP contribution in [0.5, 0.6) is 0 Å². The van der Waals surface area contributed by atoms with Crippen LogP contribution in [0.25, 0.3) is 0 Å². The molecule has 0 spiro atoms. The van der Waals surface area contributed by atoms with Gasteiger partial charge in [0.1, 0.15) is 0 Å². The maximum Gasteiger partial charge on any atom is 0.321 e. The van der Waals surface area contributed by atoms with Crippen molar-refractivity contribution in [2.24, 2.45) is 17.3 Å². The Morgan fingerprint density at radius 3 is 2.12 bits per heavy atom. The molecule has 1 aliphatic carbocycles. The minimum Gasteiger partial charge on any atom is -0.480 e. The molecule has 0 bridgehead atoms. The second-order valence-electron chi connectivity index (χ2n) is 7.92. The summed E-state index contributed by atoms with van der Waals surface area (Å²) in [6, 6.07) is 10.2. The standard InChI is InChI=1S/C21H30O5/c1-14-9-10-17(16-7-5-4-6-8-16)18(26-3)11-15(2)13-21(12-14,19(22)23)20(24)25/h4-8,14-15,17-18H,9-13H2,1-3H3,(H,22,23)(H,24,25). The Morgan fingerprint density at radius 1 is 1.00 bits per heavy atom. The van der Waals surface area contributed by atoms with Crippen LogP contribution in [0, 0.1) is 17.3 Å². The van der Waals surface area contributed by atoms with Crippen LogP contribution < -0.4 is 0 Å². The van der Waals surface area contributed by atoms with Gasteiger partial charge in [-0.3, -0.25) is 9.59 Å². The van der Waals surface area contributed by atoms with E-state index in [1.54, 1.807) is 7.11 Å². The van der Waals surface area contributed by atoms with E-state index in [4.69, 9.17) is 4.74 Å². The van der Waals surface area contributed by atoms with Gasteiger partial charge in [-0.25, -0.2) is 0 Å². The first kappa shape index (κ1) is 20.4. The Labute approximate surface area is 155 Å². The topological polar surface area (TPSA) is 83.8 Å². The zero-order valence-electron chi connectivity index (χ0n) is 15.9. The predicted octanol–water partition coefficient (Wildman–Crippen LogP) is 4.18. The largest absolute Gasteiger partial charge is 0.480 e. The van der Waals surface area contributed by atoms with Crippen molar-refractivity contribution in [3.63, 3.8) is 0 Å². The van der Waals surface area contributed by atoms with Crippen molar-refractivity contribution >= 4 is 11.9 Å². The van der Waals surface area contributed by atoms with Gasteiger partial charge < -0.3 is 14.9 Å². The lowest BCUT2D eigenvalue weighted by atomic mass is 9.69. The second kappa shape index (κ2) is 8.67. The number of methoxy groups -OCH3 is 1. The van der Waals surface area contributed by atoms with Crippen LogP contribution in [0.1, 0.15) is 57.4 Å². The minimum absolute atomic E-state index is 0.0104. The highest BCUT2D eigenvalue weighted by atomic mass is 16.5. The quantitative estimate of drug-likeness (QED) is 0.785. The molecule has 1 aromatic rings. The van der Waals surface area contributed by atoms with Crippen LogP contribution in [-0.4, -0.2) is 35.4 Å². The minimum atomic E-state index is -1.71. The summed E-state index contributed by atoms with van der Waals surface area (Å²) in [4.78, 5) is 23.8. The zero-order valence-corrected chi connectivity index (χ0v) is 15.9. The third-order valence-corrected chi connectivity index (χ3v) is 5.80. The van der Waals surface area contributed by atoms with Gasteiger partial charge in [-0.1, -0.05) is 44.2 Å². The molecule has 0 amide bonds. The Bertz CT molecular complexity index is 598. The van der Waals surface area contributed by atoms with Gasteiger partial charge in [-0.15, -0.1) is 0 Å². The molecule has 1 aliphatic rings. The molecule has 0 heterocycles. The van der Waals surface area contributed by atoms with Crippen molar-refractivity contribution in [3.8, 4) is 0 Å².